The molecule has 0 saturated carbocycles. The fraction of sp³-hybridized carbons (Fsp3) is 0.400. The first-order chi connectivity index (χ1) is 14.0. The molecule has 1 saturated heterocycles. The number of nitrogens with one attached hydrogen (secondary N) is 1. The highest BCUT2D eigenvalue weighted by atomic mass is 32.2. The number of ether oxygens (including phenoxy) is 2. The van der Waals surface area contributed by atoms with Crippen LogP contribution in [0.1, 0.15) is 28.4 Å². The number of pyridine rings is 1. The summed E-state index contributed by atoms with van der Waals surface area (Å²) in [4.78, 5) is 16.9. The molecule has 0 radical (unpaired) electrons. The molecule has 29 heavy (non-hydrogen) atoms. The summed E-state index contributed by atoms with van der Waals surface area (Å²) in [6.45, 7) is 3.53. The van der Waals surface area contributed by atoms with Crippen LogP contribution in [-0.4, -0.2) is 57.0 Å². The lowest BCUT2D eigenvalue weighted by molar-refractivity contribution is 0.0730. The minimum Gasteiger partial charge on any atom is -0.481 e. The van der Waals surface area contributed by atoms with E-state index >= 15 is 0 Å². The summed E-state index contributed by atoms with van der Waals surface area (Å²) < 4.78 is 38.0. The quantitative estimate of drug-likeness (QED) is 0.732. The Morgan fingerprint density at radius 2 is 2.00 bits per heavy atom. The molecule has 156 valence electrons. The number of sulfonamides is 1. The first kappa shape index (κ1) is 21.2. The van der Waals surface area contributed by atoms with E-state index in [-0.39, 0.29) is 17.3 Å². The molecule has 0 unspecified atom stereocenters. The summed E-state index contributed by atoms with van der Waals surface area (Å²) in [6, 6.07) is 8.33. The molecule has 0 bridgehead atoms. The van der Waals surface area contributed by atoms with Crippen LogP contribution in [0, 0.1) is 0 Å². The normalized spacial score (nSPS) is 15.1. The summed E-state index contributed by atoms with van der Waals surface area (Å²) in [7, 11) is -2.16. The summed E-state index contributed by atoms with van der Waals surface area (Å²) in [5.41, 5.74) is 1.82. The molecule has 1 N–H and O–H groups in total. The zero-order chi connectivity index (χ0) is 20.9. The molecule has 0 atom stereocenters. The van der Waals surface area contributed by atoms with Gasteiger partial charge in [0, 0.05) is 37.5 Å². The standard InChI is InChI=1S/C20H25N3O5S/c1-3-16-4-5-17(13-18(16)29(25,26)23-8-10-28-11-9-23)20(24)22-14-15-6-7-21-19(12-15)27-2/h4-7,12-13H,3,8-11,14H2,1-2H3,(H,22,24). The minimum absolute atomic E-state index is 0.181. The molecule has 1 fully saturated rings. The van der Waals surface area contributed by atoms with Crippen LogP contribution in [0.4, 0.5) is 0 Å². The maximum atomic E-state index is 13.1. The van der Waals surface area contributed by atoms with Crippen molar-refractivity contribution >= 4 is 15.9 Å². The van der Waals surface area contributed by atoms with Gasteiger partial charge in [-0.25, -0.2) is 13.4 Å². The number of carbonyl (C=O) groups is 1. The highest BCUT2D eigenvalue weighted by Crippen LogP contribution is 2.23. The monoisotopic (exact) mass is 419 g/mol. The summed E-state index contributed by atoms with van der Waals surface area (Å²) >= 11 is 0. The molecule has 1 aromatic carbocycles. The fourth-order valence-electron chi connectivity index (χ4n) is 3.11. The average molecular weight is 420 g/mol. The SMILES string of the molecule is CCc1ccc(C(=O)NCc2ccnc(OC)c2)cc1S(=O)(=O)N1CCOCC1. The lowest BCUT2D eigenvalue weighted by atomic mass is 10.1. The number of hydrogen-bond donors (Lipinski definition) is 1. The van der Waals surface area contributed by atoms with E-state index in [9.17, 15) is 13.2 Å². The molecule has 2 heterocycles. The third kappa shape index (κ3) is 4.92. The van der Waals surface area contributed by atoms with Gasteiger partial charge in [0.2, 0.25) is 15.9 Å². The Morgan fingerprint density at radius 3 is 2.69 bits per heavy atom. The zero-order valence-electron chi connectivity index (χ0n) is 16.6. The number of carbonyl (C=O) groups excluding carboxylic acids is 1. The Kier molecular flexibility index (Phi) is 6.83. The van der Waals surface area contributed by atoms with Crippen molar-refractivity contribution in [1.29, 1.82) is 0 Å². The molecule has 3 rings (SSSR count). The Bertz CT molecular complexity index is 972. The van der Waals surface area contributed by atoms with E-state index in [1.165, 1.54) is 17.5 Å². The lowest BCUT2D eigenvalue weighted by Gasteiger charge is -2.27. The van der Waals surface area contributed by atoms with Gasteiger partial charge in [-0.3, -0.25) is 4.79 Å². The van der Waals surface area contributed by atoms with Crippen molar-refractivity contribution in [2.45, 2.75) is 24.8 Å². The van der Waals surface area contributed by atoms with E-state index in [0.717, 1.165) is 5.56 Å². The van der Waals surface area contributed by atoms with E-state index in [2.05, 4.69) is 10.3 Å². The van der Waals surface area contributed by atoms with Gasteiger partial charge in [0.05, 0.1) is 25.2 Å². The van der Waals surface area contributed by atoms with E-state index in [1.54, 1.807) is 30.5 Å². The molecule has 9 heteroatoms. The highest BCUT2D eigenvalue weighted by molar-refractivity contribution is 7.89. The van der Waals surface area contributed by atoms with E-state index in [0.29, 0.717) is 49.7 Å². The van der Waals surface area contributed by atoms with Crippen LogP contribution >= 0.6 is 0 Å². The van der Waals surface area contributed by atoms with Gasteiger partial charge in [0.15, 0.2) is 0 Å². The van der Waals surface area contributed by atoms with E-state index in [4.69, 9.17) is 9.47 Å². The van der Waals surface area contributed by atoms with E-state index in [1.807, 2.05) is 6.92 Å². The number of benzene rings is 1. The molecule has 0 aliphatic carbocycles. The van der Waals surface area contributed by atoms with Gasteiger partial charge >= 0.3 is 0 Å². The van der Waals surface area contributed by atoms with Crippen molar-refractivity contribution in [1.82, 2.24) is 14.6 Å². The number of amides is 1. The molecule has 1 aromatic heterocycles. The molecule has 0 spiro atoms. The second-order valence-electron chi connectivity index (χ2n) is 6.58. The number of hydrogen-bond acceptors (Lipinski definition) is 6. The summed E-state index contributed by atoms with van der Waals surface area (Å²) in [5, 5.41) is 2.81. The van der Waals surface area contributed by atoms with Crippen LogP contribution in [-0.2, 0) is 27.7 Å². The van der Waals surface area contributed by atoms with Gasteiger partial charge in [0.25, 0.3) is 5.91 Å². The van der Waals surface area contributed by atoms with E-state index < -0.39 is 10.0 Å². The van der Waals surface area contributed by atoms with Gasteiger partial charge in [0.1, 0.15) is 0 Å². The molecule has 8 nitrogen and oxygen atoms in total. The maximum absolute atomic E-state index is 13.1. The molecule has 1 aliphatic heterocycles. The molecule has 1 amide bonds. The van der Waals surface area contributed by atoms with Gasteiger partial charge in [-0.05, 0) is 35.7 Å². The number of aromatic nitrogens is 1. The van der Waals surface area contributed by atoms with Crippen molar-refractivity contribution in [3.05, 3.63) is 53.2 Å². The largest absolute Gasteiger partial charge is 0.481 e. The maximum Gasteiger partial charge on any atom is 0.251 e. The number of aryl methyl sites for hydroxylation is 1. The molecule has 1 aliphatic rings. The highest BCUT2D eigenvalue weighted by Gasteiger charge is 2.29. The van der Waals surface area contributed by atoms with Crippen LogP contribution < -0.4 is 10.1 Å². The second kappa shape index (κ2) is 9.34. The van der Waals surface area contributed by atoms with Crippen LogP contribution in [0.2, 0.25) is 0 Å². The molecular weight excluding hydrogens is 394 g/mol. The number of methoxy groups -OCH3 is 1. The van der Waals surface area contributed by atoms with Gasteiger partial charge < -0.3 is 14.8 Å². The third-order valence-electron chi connectivity index (χ3n) is 4.76. The van der Waals surface area contributed by atoms with Crippen molar-refractivity contribution < 1.29 is 22.7 Å². The molecular formula is C20H25N3O5S. The third-order valence-corrected chi connectivity index (χ3v) is 6.74. The second-order valence-corrected chi connectivity index (χ2v) is 8.49. The average Bonchev–Trinajstić information content (AvgIpc) is 2.77. The zero-order valence-corrected chi connectivity index (χ0v) is 17.4. The Balaban J connectivity index is 1.81. The van der Waals surface area contributed by atoms with Crippen molar-refractivity contribution in [2.24, 2.45) is 0 Å². The van der Waals surface area contributed by atoms with Crippen LogP contribution in [0.3, 0.4) is 0 Å². The first-order valence-corrected chi connectivity index (χ1v) is 10.9. The summed E-state index contributed by atoms with van der Waals surface area (Å²) in [6.07, 6.45) is 2.15. The Morgan fingerprint density at radius 1 is 1.24 bits per heavy atom. The lowest BCUT2D eigenvalue weighted by Crippen LogP contribution is -2.41. The fourth-order valence-corrected chi connectivity index (χ4v) is 4.84. The van der Waals surface area contributed by atoms with Crippen molar-refractivity contribution in [3.8, 4) is 5.88 Å². The number of nitrogens with zero attached hydrogens (tertiary/aromatic N) is 2. The topological polar surface area (TPSA) is 97.8 Å². The van der Waals surface area contributed by atoms with Crippen molar-refractivity contribution in [2.75, 3.05) is 33.4 Å². The van der Waals surface area contributed by atoms with Gasteiger partial charge in [-0.1, -0.05) is 13.0 Å². The van der Waals surface area contributed by atoms with Crippen LogP contribution in [0.5, 0.6) is 5.88 Å². The van der Waals surface area contributed by atoms with Gasteiger partial charge in [-0.15, -0.1) is 0 Å². The smallest absolute Gasteiger partial charge is 0.251 e. The number of rotatable bonds is 7. The van der Waals surface area contributed by atoms with Crippen LogP contribution in [0.15, 0.2) is 41.4 Å². The number of morpholine rings is 1. The Hall–Kier alpha value is -2.49. The van der Waals surface area contributed by atoms with Crippen molar-refractivity contribution in [3.63, 3.8) is 0 Å². The predicted molar refractivity (Wildman–Crippen MR) is 107 cm³/mol. The summed E-state index contributed by atoms with van der Waals surface area (Å²) in [5.74, 6) is 0.116. The van der Waals surface area contributed by atoms with Gasteiger partial charge in [-0.2, -0.15) is 4.31 Å². The van der Waals surface area contributed by atoms with Crippen LogP contribution in [0.25, 0.3) is 0 Å². The minimum atomic E-state index is -3.69. The Labute approximate surface area is 170 Å². The first-order valence-electron chi connectivity index (χ1n) is 9.43. The molecule has 2 aromatic rings. The predicted octanol–water partition coefficient (Wildman–Crippen LogP) is 1.60.